The van der Waals surface area contributed by atoms with E-state index >= 15 is 0 Å². The average molecular weight is 569 g/mol. The fourth-order valence-electron chi connectivity index (χ4n) is 2.87. The Bertz CT molecular complexity index is 1460. The molecular formula is C22H15ClF6N2O5S. The van der Waals surface area contributed by atoms with Crippen LogP contribution in [0.4, 0.5) is 32.0 Å². The number of pyridine rings is 1. The Morgan fingerprint density at radius 2 is 1.70 bits per heavy atom. The average Bonchev–Trinajstić information content (AvgIpc) is 2.74. The van der Waals surface area contributed by atoms with Gasteiger partial charge >= 0.3 is 12.5 Å². The number of carbonyl (C=O) groups excluding carboxylic acids is 1. The lowest BCUT2D eigenvalue weighted by atomic mass is 10.1. The number of nitrogens with zero attached hydrogens (tertiary/aromatic N) is 1. The number of carbonyl (C=O) groups is 1. The molecule has 1 heterocycles. The summed E-state index contributed by atoms with van der Waals surface area (Å²) >= 11 is 5.92. The quantitative estimate of drug-likeness (QED) is 0.345. The van der Waals surface area contributed by atoms with E-state index in [9.17, 15) is 39.6 Å². The zero-order valence-electron chi connectivity index (χ0n) is 18.7. The minimum atomic E-state index is -5.00. The Morgan fingerprint density at radius 1 is 1.03 bits per heavy atom. The Balaban J connectivity index is 2.01. The zero-order valence-corrected chi connectivity index (χ0v) is 20.2. The van der Waals surface area contributed by atoms with Gasteiger partial charge in [0.15, 0.2) is 9.84 Å². The molecule has 0 atom stereocenters. The van der Waals surface area contributed by atoms with E-state index in [1.807, 2.05) is 0 Å². The van der Waals surface area contributed by atoms with Crippen molar-refractivity contribution in [3.63, 3.8) is 0 Å². The Hall–Kier alpha value is -3.52. The molecule has 0 fully saturated rings. The third-order valence-corrected chi connectivity index (χ3v) is 6.06. The summed E-state index contributed by atoms with van der Waals surface area (Å²) in [4.78, 5) is 16.4. The molecule has 0 bridgehead atoms. The molecule has 3 rings (SSSR count). The van der Waals surface area contributed by atoms with Crippen molar-refractivity contribution in [1.82, 2.24) is 4.98 Å². The van der Waals surface area contributed by atoms with E-state index in [0.29, 0.717) is 17.8 Å². The van der Waals surface area contributed by atoms with Gasteiger partial charge in [0.25, 0.3) is 5.91 Å². The number of benzene rings is 2. The molecular weight excluding hydrogens is 554 g/mol. The maximum absolute atomic E-state index is 13.3. The van der Waals surface area contributed by atoms with E-state index in [1.54, 1.807) is 0 Å². The number of nitrogens with one attached hydrogen (secondary N) is 1. The van der Waals surface area contributed by atoms with Crippen LogP contribution in [0.1, 0.15) is 21.5 Å². The number of alkyl halides is 6. The first-order chi connectivity index (χ1) is 16.9. The number of hydrogen-bond donors (Lipinski definition) is 1. The standard InChI is InChI=1S/C22H15ClF6N2O5S/c1-11-3-5-14(37(2,33)34)9-17(11)31-19(32)15-7-12(21(24,25)26)10-30-20(15)35-18-6-4-13(8-16(18)23)36-22(27,28)29/h3-10H,1-2H3,(H,31,32). The van der Waals surface area contributed by atoms with E-state index < -0.39 is 56.1 Å². The smallest absolute Gasteiger partial charge is 0.437 e. The van der Waals surface area contributed by atoms with Crippen LogP contribution >= 0.6 is 11.6 Å². The summed E-state index contributed by atoms with van der Waals surface area (Å²) in [5.74, 6) is -2.83. The van der Waals surface area contributed by atoms with Crippen molar-refractivity contribution in [3.8, 4) is 17.4 Å². The van der Waals surface area contributed by atoms with Crippen molar-refractivity contribution >= 4 is 33.0 Å². The van der Waals surface area contributed by atoms with Crippen LogP contribution in [-0.4, -0.2) is 31.9 Å². The lowest BCUT2D eigenvalue weighted by Crippen LogP contribution is -2.17. The van der Waals surface area contributed by atoms with Crippen LogP contribution in [0.25, 0.3) is 0 Å². The van der Waals surface area contributed by atoms with Crippen molar-refractivity contribution in [2.24, 2.45) is 0 Å². The summed E-state index contributed by atoms with van der Waals surface area (Å²) in [7, 11) is -3.67. The summed E-state index contributed by atoms with van der Waals surface area (Å²) in [6, 6.07) is 6.76. The number of sulfone groups is 1. The van der Waals surface area contributed by atoms with Gasteiger partial charge in [-0.1, -0.05) is 17.7 Å². The zero-order chi connectivity index (χ0) is 27.8. The molecule has 198 valence electrons. The summed E-state index contributed by atoms with van der Waals surface area (Å²) in [6.07, 6.45) is -8.57. The highest BCUT2D eigenvalue weighted by molar-refractivity contribution is 7.90. The second-order valence-electron chi connectivity index (χ2n) is 7.52. The van der Waals surface area contributed by atoms with Gasteiger partial charge in [-0.3, -0.25) is 4.79 Å². The number of ether oxygens (including phenoxy) is 2. The molecule has 7 nitrogen and oxygen atoms in total. The first kappa shape index (κ1) is 28.1. The number of aromatic nitrogens is 1. The van der Waals surface area contributed by atoms with Crippen LogP contribution in [-0.2, 0) is 16.0 Å². The lowest BCUT2D eigenvalue weighted by Gasteiger charge is -2.16. The summed E-state index contributed by atoms with van der Waals surface area (Å²) in [5.41, 5.74) is -1.63. The van der Waals surface area contributed by atoms with Crippen molar-refractivity contribution in [2.45, 2.75) is 24.4 Å². The molecule has 0 aliphatic rings. The fraction of sp³-hybridized carbons (Fsp3) is 0.182. The van der Waals surface area contributed by atoms with Crippen molar-refractivity contribution in [3.05, 3.63) is 70.4 Å². The minimum Gasteiger partial charge on any atom is -0.437 e. The van der Waals surface area contributed by atoms with Gasteiger partial charge < -0.3 is 14.8 Å². The number of anilines is 1. The van der Waals surface area contributed by atoms with E-state index in [2.05, 4.69) is 15.0 Å². The molecule has 1 aromatic heterocycles. The molecule has 3 aromatic rings. The minimum absolute atomic E-state index is 0.0111. The molecule has 0 saturated carbocycles. The molecule has 15 heteroatoms. The molecule has 0 spiro atoms. The molecule has 1 N–H and O–H groups in total. The van der Waals surface area contributed by atoms with E-state index in [0.717, 1.165) is 30.5 Å². The summed E-state index contributed by atoms with van der Waals surface area (Å²) in [5, 5.41) is 1.90. The molecule has 2 aromatic carbocycles. The second-order valence-corrected chi connectivity index (χ2v) is 9.94. The third kappa shape index (κ3) is 7.26. The largest absolute Gasteiger partial charge is 0.573 e. The Kier molecular flexibility index (Phi) is 7.65. The molecule has 0 aliphatic carbocycles. The number of amides is 1. The van der Waals surface area contributed by atoms with Gasteiger partial charge in [0.2, 0.25) is 5.88 Å². The Morgan fingerprint density at radius 3 is 2.27 bits per heavy atom. The predicted molar refractivity (Wildman–Crippen MR) is 120 cm³/mol. The van der Waals surface area contributed by atoms with Crippen LogP contribution < -0.4 is 14.8 Å². The normalized spacial score (nSPS) is 12.2. The predicted octanol–water partition coefficient (Wildman–Crippen LogP) is 6.41. The topological polar surface area (TPSA) is 94.6 Å². The highest BCUT2D eigenvalue weighted by atomic mass is 35.5. The SMILES string of the molecule is Cc1ccc(S(C)(=O)=O)cc1NC(=O)c1cc(C(F)(F)F)cnc1Oc1ccc(OC(F)(F)F)cc1Cl. The van der Waals surface area contributed by atoms with Crippen LogP contribution in [0.2, 0.25) is 5.02 Å². The van der Waals surface area contributed by atoms with E-state index in [-0.39, 0.29) is 16.3 Å². The van der Waals surface area contributed by atoms with E-state index in [4.69, 9.17) is 16.3 Å². The molecule has 1 amide bonds. The number of hydrogen-bond acceptors (Lipinski definition) is 6. The van der Waals surface area contributed by atoms with Gasteiger partial charge in [0.1, 0.15) is 17.1 Å². The van der Waals surface area contributed by atoms with Gasteiger partial charge in [-0.2, -0.15) is 13.2 Å². The van der Waals surface area contributed by atoms with Crippen molar-refractivity contribution in [1.29, 1.82) is 0 Å². The van der Waals surface area contributed by atoms with Crippen molar-refractivity contribution < 1.29 is 49.0 Å². The maximum Gasteiger partial charge on any atom is 0.573 e. The number of rotatable bonds is 6. The monoisotopic (exact) mass is 568 g/mol. The van der Waals surface area contributed by atoms with Crippen LogP contribution in [0.15, 0.2) is 53.6 Å². The summed E-state index contributed by atoms with van der Waals surface area (Å²) < 4.78 is 110. The lowest BCUT2D eigenvalue weighted by molar-refractivity contribution is -0.274. The Labute approximate surface area is 210 Å². The van der Waals surface area contributed by atoms with Crippen LogP contribution in [0, 0.1) is 6.92 Å². The first-order valence-electron chi connectivity index (χ1n) is 9.86. The molecule has 0 saturated heterocycles. The summed E-state index contributed by atoms with van der Waals surface area (Å²) in [6.45, 7) is 1.52. The van der Waals surface area contributed by atoms with Gasteiger partial charge in [0.05, 0.1) is 15.5 Å². The number of halogens is 7. The number of aryl methyl sites for hydroxylation is 1. The van der Waals surface area contributed by atoms with Crippen LogP contribution in [0.3, 0.4) is 0 Å². The van der Waals surface area contributed by atoms with Gasteiger partial charge in [-0.05, 0) is 42.8 Å². The molecule has 0 unspecified atom stereocenters. The maximum atomic E-state index is 13.3. The highest BCUT2D eigenvalue weighted by Gasteiger charge is 2.34. The highest BCUT2D eigenvalue weighted by Crippen LogP contribution is 2.37. The van der Waals surface area contributed by atoms with Crippen molar-refractivity contribution in [2.75, 3.05) is 11.6 Å². The van der Waals surface area contributed by atoms with E-state index in [1.165, 1.54) is 19.1 Å². The van der Waals surface area contributed by atoms with Gasteiger partial charge in [0, 0.05) is 24.2 Å². The van der Waals surface area contributed by atoms with Gasteiger partial charge in [-0.25, -0.2) is 13.4 Å². The second kappa shape index (κ2) is 10.1. The van der Waals surface area contributed by atoms with Gasteiger partial charge in [-0.15, -0.1) is 13.2 Å². The first-order valence-corrected chi connectivity index (χ1v) is 12.1. The molecule has 0 aliphatic heterocycles. The van der Waals surface area contributed by atoms with Crippen LogP contribution in [0.5, 0.6) is 17.4 Å². The molecule has 37 heavy (non-hydrogen) atoms. The third-order valence-electron chi connectivity index (χ3n) is 4.65. The molecule has 0 radical (unpaired) electrons. The fourth-order valence-corrected chi connectivity index (χ4v) is 3.73.